The molecule has 1 atom stereocenters. The first-order valence-corrected chi connectivity index (χ1v) is 5.16. The third-order valence-corrected chi connectivity index (χ3v) is 3.13. The van der Waals surface area contributed by atoms with E-state index in [0.717, 1.165) is 11.3 Å². The highest BCUT2D eigenvalue weighted by atomic mass is 32.1. The lowest BCUT2D eigenvalue weighted by molar-refractivity contribution is 0.0702. The molecule has 0 fully saturated rings. The fourth-order valence-electron chi connectivity index (χ4n) is 0.984. The standard InChI is InChI=1S/C9H11N3O2S/c1-6(3-4-10)12(2)9-11-5-7(15-9)8(13)14/h5-6H,3H2,1-2H3,(H,13,14). The number of aromatic carboxylic acids is 1. The summed E-state index contributed by atoms with van der Waals surface area (Å²) in [5, 5.41) is 17.9. The monoisotopic (exact) mass is 225 g/mol. The molecule has 0 amide bonds. The van der Waals surface area contributed by atoms with Crippen molar-refractivity contribution in [2.45, 2.75) is 19.4 Å². The fourth-order valence-corrected chi connectivity index (χ4v) is 1.80. The van der Waals surface area contributed by atoms with Crippen molar-refractivity contribution >= 4 is 22.4 Å². The first-order chi connectivity index (χ1) is 7.06. The van der Waals surface area contributed by atoms with Gasteiger partial charge in [-0.3, -0.25) is 0 Å². The van der Waals surface area contributed by atoms with Gasteiger partial charge in [-0.2, -0.15) is 5.26 Å². The molecular weight excluding hydrogens is 214 g/mol. The summed E-state index contributed by atoms with van der Waals surface area (Å²) in [5.41, 5.74) is 0. The summed E-state index contributed by atoms with van der Waals surface area (Å²) in [6.07, 6.45) is 1.72. The van der Waals surface area contributed by atoms with E-state index in [2.05, 4.69) is 11.1 Å². The number of carbonyl (C=O) groups is 1. The number of hydrogen-bond donors (Lipinski definition) is 1. The topological polar surface area (TPSA) is 77.2 Å². The van der Waals surface area contributed by atoms with Gasteiger partial charge in [0.2, 0.25) is 0 Å². The number of hydrogen-bond acceptors (Lipinski definition) is 5. The zero-order valence-corrected chi connectivity index (χ0v) is 9.28. The van der Waals surface area contributed by atoms with Crippen LogP contribution < -0.4 is 4.90 Å². The molecule has 80 valence electrons. The van der Waals surface area contributed by atoms with Crippen LogP contribution in [0.25, 0.3) is 0 Å². The minimum absolute atomic E-state index is 0.0304. The van der Waals surface area contributed by atoms with E-state index in [4.69, 9.17) is 10.4 Å². The number of anilines is 1. The summed E-state index contributed by atoms with van der Waals surface area (Å²) < 4.78 is 0. The number of aromatic nitrogens is 1. The van der Waals surface area contributed by atoms with Crippen molar-refractivity contribution in [1.29, 1.82) is 5.26 Å². The Morgan fingerprint density at radius 3 is 3.00 bits per heavy atom. The molecule has 1 aromatic rings. The Hall–Kier alpha value is -1.61. The molecule has 1 unspecified atom stereocenters. The van der Waals surface area contributed by atoms with E-state index in [-0.39, 0.29) is 10.9 Å². The van der Waals surface area contributed by atoms with Crippen molar-refractivity contribution in [3.05, 3.63) is 11.1 Å². The Morgan fingerprint density at radius 2 is 2.53 bits per heavy atom. The lowest BCUT2D eigenvalue weighted by atomic mass is 10.2. The molecule has 0 aromatic carbocycles. The second-order valence-electron chi connectivity index (χ2n) is 3.13. The van der Waals surface area contributed by atoms with Crippen LogP contribution in [0.15, 0.2) is 6.20 Å². The van der Waals surface area contributed by atoms with Gasteiger partial charge in [-0.15, -0.1) is 0 Å². The Kier molecular flexibility index (Phi) is 3.63. The van der Waals surface area contributed by atoms with Crippen LogP contribution in [0.2, 0.25) is 0 Å². The average Bonchev–Trinajstić information content (AvgIpc) is 2.65. The summed E-state index contributed by atoms with van der Waals surface area (Å²) in [4.78, 5) is 16.6. The lowest BCUT2D eigenvalue weighted by Crippen LogP contribution is -2.28. The van der Waals surface area contributed by atoms with Crippen LogP contribution in [-0.2, 0) is 0 Å². The van der Waals surface area contributed by atoms with Gasteiger partial charge < -0.3 is 10.0 Å². The van der Waals surface area contributed by atoms with E-state index in [1.807, 2.05) is 6.92 Å². The third kappa shape index (κ3) is 2.67. The average molecular weight is 225 g/mol. The largest absolute Gasteiger partial charge is 0.477 e. The highest BCUT2D eigenvalue weighted by molar-refractivity contribution is 7.17. The maximum absolute atomic E-state index is 10.6. The molecule has 0 aliphatic carbocycles. The van der Waals surface area contributed by atoms with Crippen molar-refractivity contribution in [2.24, 2.45) is 0 Å². The number of thiazole rings is 1. The lowest BCUT2D eigenvalue weighted by Gasteiger charge is -2.21. The Labute approximate surface area is 91.6 Å². The van der Waals surface area contributed by atoms with E-state index >= 15 is 0 Å². The predicted molar refractivity (Wildman–Crippen MR) is 57.2 cm³/mol. The molecule has 6 heteroatoms. The van der Waals surface area contributed by atoms with Crippen molar-refractivity contribution in [2.75, 3.05) is 11.9 Å². The highest BCUT2D eigenvalue weighted by Gasteiger charge is 2.15. The highest BCUT2D eigenvalue weighted by Crippen LogP contribution is 2.23. The van der Waals surface area contributed by atoms with Gasteiger partial charge in [0.05, 0.1) is 18.7 Å². The molecule has 1 heterocycles. The van der Waals surface area contributed by atoms with Crippen LogP contribution in [0.1, 0.15) is 23.0 Å². The molecule has 1 rings (SSSR count). The van der Waals surface area contributed by atoms with Crippen LogP contribution in [0.3, 0.4) is 0 Å². The Morgan fingerprint density at radius 1 is 1.87 bits per heavy atom. The molecule has 0 spiro atoms. The van der Waals surface area contributed by atoms with Gasteiger partial charge in [0.1, 0.15) is 4.88 Å². The minimum Gasteiger partial charge on any atom is -0.477 e. The summed E-state index contributed by atoms with van der Waals surface area (Å²) >= 11 is 1.11. The smallest absolute Gasteiger partial charge is 0.347 e. The van der Waals surface area contributed by atoms with E-state index in [0.29, 0.717) is 11.6 Å². The van der Waals surface area contributed by atoms with Crippen LogP contribution >= 0.6 is 11.3 Å². The van der Waals surface area contributed by atoms with E-state index < -0.39 is 5.97 Å². The number of carboxylic acids is 1. The van der Waals surface area contributed by atoms with Crippen molar-refractivity contribution in [3.8, 4) is 6.07 Å². The number of nitriles is 1. The summed E-state index contributed by atoms with van der Waals surface area (Å²) in [6.45, 7) is 1.89. The molecule has 1 aromatic heterocycles. The Balaban J connectivity index is 2.78. The molecular formula is C9H11N3O2S. The number of carboxylic acid groups (broad SMARTS) is 1. The summed E-state index contributed by atoms with van der Waals surface area (Å²) in [7, 11) is 1.80. The number of rotatable bonds is 4. The van der Waals surface area contributed by atoms with Gasteiger partial charge in [0, 0.05) is 13.1 Å². The zero-order chi connectivity index (χ0) is 11.4. The van der Waals surface area contributed by atoms with Crippen molar-refractivity contribution in [1.82, 2.24) is 4.98 Å². The first kappa shape index (κ1) is 11.5. The predicted octanol–water partition coefficient (Wildman–Crippen LogP) is 1.58. The zero-order valence-electron chi connectivity index (χ0n) is 8.47. The van der Waals surface area contributed by atoms with Gasteiger partial charge >= 0.3 is 5.97 Å². The van der Waals surface area contributed by atoms with Gasteiger partial charge in [0.25, 0.3) is 0 Å². The van der Waals surface area contributed by atoms with Crippen LogP contribution in [0, 0.1) is 11.3 Å². The van der Waals surface area contributed by atoms with E-state index in [1.165, 1.54) is 6.20 Å². The van der Waals surface area contributed by atoms with Gasteiger partial charge in [0.15, 0.2) is 5.13 Å². The Bertz CT molecular complexity index is 396. The van der Waals surface area contributed by atoms with Crippen LogP contribution in [0.4, 0.5) is 5.13 Å². The van der Waals surface area contributed by atoms with Gasteiger partial charge in [-0.05, 0) is 6.92 Å². The molecule has 5 nitrogen and oxygen atoms in total. The molecule has 0 bridgehead atoms. The van der Waals surface area contributed by atoms with Gasteiger partial charge in [-0.1, -0.05) is 11.3 Å². The molecule has 0 saturated heterocycles. The maximum atomic E-state index is 10.6. The maximum Gasteiger partial charge on any atom is 0.347 e. The SMILES string of the molecule is CC(CC#N)N(C)c1ncc(C(=O)O)s1. The molecule has 0 aliphatic rings. The fraction of sp³-hybridized carbons (Fsp3) is 0.444. The number of nitrogens with zero attached hydrogens (tertiary/aromatic N) is 3. The first-order valence-electron chi connectivity index (χ1n) is 4.35. The van der Waals surface area contributed by atoms with Gasteiger partial charge in [-0.25, -0.2) is 9.78 Å². The van der Waals surface area contributed by atoms with E-state index in [9.17, 15) is 4.79 Å². The van der Waals surface area contributed by atoms with Crippen molar-refractivity contribution < 1.29 is 9.90 Å². The summed E-state index contributed by atoms with van der Waals surface area (Å²) in [5.74, 6) is -0.972. The minimum atomic E-state index is -0.972. The third-order valence-electron chi connectivity index (χ3n) is 2.05. The van der Waals surface area contributed by atoms with E-state index in [1.54, 1.807) is 11.9 Å². The second-order valence-corrected chi connectivity index (χ2v) is 4.14. The van der Waals surface area contributed by atoms with Crippen molar-refractivity contribution in [3.63, 3.8) is 0 Å². The van der Waals surface area contributed by atoms with Crippen LogP contribution in [0.5, 0.6) is 0 Å². The molecule has 0 aliphatic heterocycles. The summed E-state index contributed by atoms with van der Waals surface area (Å²) in [6, 6.07) is 2.10. The normalized spacial score (nSPS) is 11.8. The molecule has 1 N–H and O–H groups in total. The molecule has 0 saturated carbocycles. The second kappa shape index (κ2) is 4.75. The molecule has 0 radical (unpaired) electrons. The molecule has 15 heavy (non-hydrogen) atoms. The van der Waals surface area contributed by atoms with Crippen LogP contribution in [-0.4, -0.2) is 29.1 Å². The quantitative estimate of drug-likeness (QED) is 0.841.